The third-order valence-electron chi connectivity index (χ3n) is 4.88. The monoisotopic (exact) mass is 376 g/mol. The summed E-state index contributed by atoms with van der Waals surface area (Å²) in [4.78, 5) is 9.26. The standard InChI is InChI=1S/C20H29ClN4O/c1-13(20(5,6)12-26-19(2,3)4)23-18-24-16-10-14(21)11-22-17(16)25(18)15-8-7-9-15/h10-11,15H,1,7-9,12H2,2-6H3,(H,23,24). The first-order valence-corrected chi connectivity index (χ1v) is 9.58. The fourth-order valence-electron chi connectivity index (χ4n) is 2.82. The van der Waals surface area contributed by atoms with Crippen LogP contribution in [0.3, 0.4) is 0 Å². The Morgan fingerprint density at radius 1 is 1.35 bits per heavy atom. The van der Waals surface area contributed by atoms with Crippen LogP contribution in [0.4, 0.5) is 5.95 Å². The van der Waals surface area contributed by atoms with Gasteiger partial charge in [-0.25, -0.2) is 9.97 Å². The summed E-state index contributed by atoms with van der Waals surface area (Å²) >= 11 is 6.10. The van der Waals surface area contributed by atoms with Crippen molar-refractivity contribution in [2.24, 2.45) is 5.41 Å². The van der Waals surface area contributed by atoms with Crippen LogP contribution in [0, 0.1) is 5.41 Å². The minimum absolute atomic E-state index is 0.183. The molecule has 0 bridgehead atoms. The zero-order chi connectivity index (χ0) is 19.1. The SMILES string of the molecule is C=C(Nc1nc2cc(Cl)cnc2n1C1CCC1)C(C)(C)COC(C)(C)C. The van der Waals surface area contributed by atoms with Gasteiger partial charge in [-0.3, -0.25) is 4.57 Å². The fraction of sp³-hybridized carbons (Fsp3) is 0.600. The number of nitrogens with zero attached hydrogens (tertiary/aromatic N) is 3. The zero-order valence-corrected chi connectivity index (χ0v) is 17.2. The van der Waals surface area contributed by atoms with Crippen molar-refractivity contribution in [2.45, 2.75) is 65.5 Å². The molecule has 3 rings (SSSR count). The molecule has 1 aliphatic carbocycles. The predicted octanol–water partition coefficient (Wildman–Crippen LogP) is 5.58. The highest BCUT2D eigenvalue weighted by atomic mass is 35.5. The Kier molecular flexibility index (Phi) is 5.06. The van der Waals surface area contributed by atoms with Gasteiger partial charge in [-0.05, 0) is 46.1 Å². The summed E-state index contributed by atoms with van der Waals surface area (Å²) in [6.07, 6.45) is 5.21. The lowest BCUT2D eigenvalue weighted by Crippen LogP contribution is -2.32. The second kappa shape index (κ2) is 6.86. The lowest BCUT2D eigenvalue weighted by molar-refractivity contribution is -0.0337. The van der Waals surface area contributed by atoms with Crippen LogP contribution in [0.5, 0.6) is 0 Å². The van der Waals surface area contributed by atoms with Gasteiger partial charge >= 0.3 is 0 Å². The first kappa shape index (κ1) is 19.2. The van der Waals surface area contributed by atoms with Gasteiger partial charge in [-0.2, -0.15) is 0 Å². The van der Waals surface area contributed by atoms with Crippen LogP contribution in [-0.4, -0.2) is 26.7 Å². The Bertz CT molecular complexity index is 815. The molecule has 0 unspecified atom stereocenters. The molecule has 0 spiro atoms. The molecule has 0 amide bonds. The summed E-state index contributed by atoms with van der Waals surface area (Å²) in [7, 11) is 0. The molecule has 2 aromatic heterocycles. The van der Waals surface area contributed by atoms with Gasteiger partial charge in [-0.15, -0.1) is 0 Å². The molecular weight excluding hydrogens is 348 g/mol. The molecule has 2 heterocycles. The van der Waals surface area contributed by atoms with Gasteiger partial charge in [0.25, 0.3) is 0 Å². The maximum atomic E-state index is 6.10. The quantitative estimate of drug-likeness (QED) is 0.715. The summed E-state index contributed by atoms with van der Waals surface area (Å²) in [5.74, 6) is 0.785. The van der Waals surface area contributed by atoms with Crippen molar-refractivity contribution in [3.63, 3.8) is 0 Å². The van der Waals surface area contributed by atoms with E-state index in [0.717, 1.165) is 35.7 Å². The molecule has 1 aliphatic rings. The molecule has 5 nitrogen and oxygen atoms in total. The highest BCUT2D eigenvalue weighted by Gasteiger charge is 2.29. The lowest BCUT2D eigenvalue weighted by Gasteiger charge is -2.33. The maximum absolute atomic E-state index is 6.10. The Labute approximate surface area is 160 Å². The number of pyridine rings is 1. The maximum Gasteiger partial charge on any atom is 0.209 e. The third-order valence-corrected chi connectivity index (χ3v) is 5.09. The Morgan fingerprint density at radius 2 is 2.04 bits per heavy atom. The smallest absolute Gasteiger partial charge is 0.209 e. The molecule has 142 valence electrons. The number of hydrogen-bond acceptors (Lipinski definition) is 4. The highest BCUT2D eigenvalue weighted by molar-refractivity contribution is 6.31. The van der Waals surface area contributed by atoms with Crippen molar-refractivity contribution >= 4 is 28.7 Å². The van der Waals surface area contributed by atoms with Gasteiger partial charge in [0.2, 0.25) is 5.95 Å². The van der Waals surface area contributed by atoms with E-state index in [1.807, 2.05) is 6.07 Å². The lowest BCUT2D eigenvalue weighted by atomic mass is 9.90. The van der Waals surface area contributed by atoms with Crippen LogP contribution in [0.2, 0.25) is 5.02 Å². The number of fused-ring (bicyclic) bond motifs is 1. The second-order valence-corrected chi connectivity index (χ2v) is 9.21. The zero-order valence-electron chi connectivity index (χ0n) is 16.4. The molecule has 1 N–H and O–H groups in total. The van der Waals surface area contributed by atoms with E-state index in [1.54, 1.807) is 6.20 Å². The fourth-order valence-corrected chi connectivity index (χ4v) is 2.98. The number of anilines is 1. The summed E-state index contributed by atoms with van der Waals surface area (Å²) in [6, 6.07) is 2.29. The number of aromatic nitrogens is 3. The first-order valence-electron chi connectivity index (χ1n) is 9.21. The van der Waals surface area contributed by atoms with Crippen LogP contribution in [-0.2, 0) is 4.74 Å². The summed E-state index contributed by atoms with van der Waals surface area (Å²) in [5.41, 5.74) is 2.14. The number of ether oxygens (including phenoxy) is 1. The van der Waals surface area contributed by atoms with Gasteiger partial charge in [0.05, 0.1) is 17.2 Å². The Hall–Kier alpha value is -1.59. The van der Waals surface area contributed by atoms with E-state index in [1.165, 1.54) is 6.42 Å². The van der Waals surface area contributed by atoms with Gasteiger partial charge in [0.1, 0.15) is 5.52 Å². The number of hydrogen-bond donors (Lipinski definition) is 1. The summed E-state index contributed by atoms with van der Waals surface area (Å²) in [6.45, 7) is 15.3. The van der Waals surface area contributed by atoms with Gasteiger partial charge in [0, 0.05) is 23.4 Å². The highest BCUT2D eigenvalue weighted by Crippen LogP contribution is 2.38. The molecule has 0 aliphatic heterocycles. The van der Waals surface area contributed by atoms with E-state index in [9.17, 15) is 0 Å². The van der Waals surface area contributed by atoms with E-state index in [-0.39, 0.29) is 11.0 Å². The van der Waals surface area contributed by atoms with Crippen molar-refractivity contribution < 1.29 is 4.74 Å². The summed E-state index contributed by atoms with van der Waals surface area (Å²) < 4.78 is 8.18. The van der Waals surface area contributed by atoms with Crippen LogP contribution >= 0.6 is 11.6 Å². The minimum Gasteiger partial charge on any atom is -0.375 e. The normalized spacial score (nSPS) is 15.9. The van der Waals surface area contributed by atoms with E-state index in [4.69, 9.17) is 21.3 Å². The van der Waals surface area contributed by atoms with Crippen LogP contribution < -0.4 is 5.32 Å². The molecule has 0 atom stereocenters. The molecule has 1 fully saturated rings. The van der Waals surface area contributed by atoms with Crippen molar-refractivity contribution in [3.05, 3.63) is 29.6 Å². The van der Waals surface area contributed by atoms with Gasteiger partial charge in [-0.1, -0.05) is 32.0 Å². The number of rotatable bonds is 6. The summed E-state index contributed by atoms with van der Waals surface area (Å²) in [5, 5.41) is 4.04. The van der Waals surface area contributed by atoms with E-state index < -0.39 is 0 Å². The molecular formula is C20H29ClN4O. The molecule has 2 aromatic rings. The van der Waals surface area contributed by atoms with Gasteiger partial charge < -0.3 is 10.1 Å². The third kappa shape index (κ3) is 4.04. The van der Waals surface area contributed by atoms with E-state index in [2.05, 4.69) is 56.1 Å². The topological polar surface area (TPSA) is 52.0 Å². The van der Waals surface area contributed by atoms with Crippen molar-refractivity contribution in [1.29, 1.82) is 0 Å². The molecule has 6 heteroatoms. The van der Waals surface area contributed by atoms with Crippen LogP contribution in [0.1, 0.15) is 59.9 Å². The van der Waals surface area contributed by atoms with E-state index >= 15 is 0 Å². The van der Waals surface area contributed by atoms with Gasteiger partial charge in [0.15, 0.2) is 5.65 Å². The van der Waals surface area contributed by atoms with E-state index in [0.29, 0.717) is 17.7 Å². The van der Waals surface area contributed by atoms with Crippen molar-refractivity contribution in [3.8, 4) is 0 Å². The second-order valence-electron chi connectivity index (χ2n) is 8.77. The molecule has 26 heavy (non-hydrogen) atoms. The van der Waals surface area contributed by atoms with Crippen molar-refractivity contribution in [1.82, 2.24) is 14.5 Å². The first-order chi connectivity index (χ1) is 12.1. The predicted molar refractivity (Wildman–Crippen MR) is 108 cm³/mol. The Balaban J connectivity index is 1.86. The van der Waals surface area contributed by atoms with Crippen molar-refractivity contribution in [2.75, 3.05) is 11.9 Å². The number of halogens is 1. The van der Waals surface area contributed by atoms with Crippen LogP contribution in [0.15, 0.2) is 24.5 Å². The molecule has 0 radical (unpaired) electrons. The number of nitrogens with one attached hydrogen (secondary N) is 1. The molecule has 0 saturated heterocycles. The largest absolute Gasteiger partial charge is 0.375 e. The average Bonchev–Trinajstić information content (AvgIpc) is 2.80. The number of imidazole rings is 1. The average molecular weight is 377 g/mol. The van der Waals surface area contributed by atoms with Crippen LogP contribution in [0.25, 0.3) is 11.2 Å². The molecule has 0 aromatic carbocycles. The Morgan fingerprint density at radius 3 is 2.62 bits per heavy atom. The minimum atomic E-state index is -0.235. The molecule has 1 saturated carbocycles.